The molecule has 0 aromatic heterocycles. The number of carbonyl (C=O) groups is 4. The SMILES string of the molecule is CCCC(C)NC(=O)C(c1cccc(C)c1O)N(CC)C(=O)C(CC(N)=O)NC(=O)OC(C)(C)C. The Labute approximate surface area is 207 Å². The fraction of sp³-hybridized carbons (Fsp3) is 0.600. The Kier molecular flexibility index (Phi) is 11.0. The third kappa shape index (κ3) is 9.11. The van der Waals surface area contributed by atoms with E-state index in [9.17, 15) is 24.3 Å². The van der Waals surface area contributed by atoms with Crippen molar-refractivity contribution in [2.45, 2.75) is 91.5 Å². The average Bonchev–Trinajstić information content (AvgIpc) is 2.71. The van der Waals surface area contributed by atoms with Crippen molar-refractivity contribution in [3.8, 4) is 5.75 Å². The first kappa shape index (κ1) is 29.7. The van der Waals surface area contributed by atoms with Crippen LogP contribution in [0.25, 0.3) is 0 Å². The molecule has 4 amide bonds. The zero-order chi connectivity index (χ0) is 26.9. The molecule has 0 radical (unpaired) electrons. The third-order valence-electron chi connectivity index (χ3n) is 5.25. The number of alkyl carbamates (subject to hydrolysis) is 1. The summed E-state index contributed by atoms with van der Waals surface area (Å²) in [7, 11) is 0. The van der Waals surface area contributed by atoms with Crippen LogP contribution in [0.2, 0.25) is 0 Å². The summed E-state index contributed by atoms with van der Waals surface area (Å²) in [5.74, 6) is -2.13. The molecule has 1 rings (SSSR count). The molecule has 10 heteroatoms. The number of hydrogen-bond donors (Lipinski definition) is 4. The van der Waals surface area contributed by atoms with E-state index in [0.29, 0.717) is 5.56 Å². The van der Waals surface area contributed by atoms with Crippen molar-refractivity contribution in [2.75, 3.05) is 6.54 Å². The molecular weight excluding hydrogens is 452 g/mol. The van der Waals surface area contributed by atoms with Gasteiger partial charge in [0.2, 0.25) is 17.7 Å². The van der Waals surface area contributed by atoms with Gasteiger partial charge in [-0.2, -0.15) is 0 Å². The molecule has 3 atom stereocenters. The Morgan fingerprint density at radius 2 is 1.77 bits per heavy atom. The topological polar surface area (TPSA) is 151 Å². The second-order valence-electron chi connectivity index (χ2n) is 9.61. The van der Waals surface area contributed by atoms with E-state index in [2.05, 4.69) is 10.6 Å². The minimum atomic E-state index is -1.36. The van der Waals surface area contributed by atoms with Crippen LogP contribution in [0.3, 0.4) is 0 Å². The second kappa shape index (κ2) is 13.0. The van der Waals surface area contributed by atoms with Crippen LogP contribution < -0.4 is 16.4 Å². The van der Waals surface area contributed by atoms with Crippen LogP contribution in [-0.2, 0) is 19.1 Å². The molecule has 0 spiro atoms. The maximum Gasteiger partial charge on any atom is 0.408 e. The highest BCUT2D eigenvalue weighted by molar-refractivity contribution is 5.94. The lowest BCUT2D eigenvalue weighted by Gasteiger charge is -2.34. The number of primary amides is 1. The van der Waals surface area contributed by atoms with Gasteiger partial charge in [-0.3, -0.25) is 14.4 Å². The van der Waals surface area contributed by atoms with Crippen LogP contribution in [0.4, 0.5) is 4.79 Å². The smallest absolute Gasteiger partial charge is 0.408 e. The number of rotatable bonds is 11. The summed E-state index contributed by atoms with van der Waals surface area (Å²) in [4.78, 5) is 52.4. The zero-order valence-corrected chi connectivity index (χ0v) is 21.8. The number of nitrogens with two attached hydrogens (primary N) is 1. The Morgan fingerprint density at radius 1 is 1.14 bits per heavy atom. The van der Waals surface area contributed by atoms with Gasteiger partial charge in [-0.05, 0) is 53.5 Å². The number of nitrogens with zero attached hydrogens (tertiary/aromatic N) is 1. The van der Waals surface area contributed by atoms with Crippen LogP contribution in [0.1, 0.15) is 78.0 Å². The molecule has 0 aliphatic carbocycles. The molecule has 1 aromatic carbocycles. The van der Waals surface area contributed by atoms with Gasteiger partial charge in [0.15, 0.2) is 0 Å². The fourth-order valence-electron chi connectivity index (χ4n) is 3.70. The summed E-state index contributed by atoms with van der Waals surface area (Å²) in [5.41, 5.74) is 5.28. The molecule has 3 unspecified atom stereocenters. The number of phenols is 1. The summed E-state index contributed by atoms with van der Waals surface area (Å²) in [6.07, 6.45) is 0.181. The number of benzene rings is 1. The van der Waals surface area contributed by atoms with Gasteiger partial charge in [0.05, 0.1) is 6.42 Å². The summed E-state index contributed by atoms with van der Waals surface area (Å²) >= 11 is 0. The first-order valence-electron chi connectivity index (χ1n) is 11.9. The van der Waals surface area contributed by atoms with E-state index < -0.39 is 47.9 Å². The van der Waals surface area contributed by atoms with E-state index in [-0.39, 0.29) is 23.9 Å². The van der Waals surface area contributed by atoms with Gasteiger partial charge in [0, 0.05) is 18.2 Å². The molecule has 0 fully saturated rings. The number of amides is 4. The zero-order valence-electron chi connectivity index (χ0n) is 21.8. The van der Waals surface area contributed by atoms with Crippen molar-refractivity contribution in [3.05, 3.63) is 29.3 Å². The molecule has 5 N–H and O–H groups in total. The standard InChI is InChI=1S/C25H40N4O6/c1-8-11-16(4)27-22(32)20(17-13-10-12-15(3)21(17)31)29(9-2)23(33)18(14-19(26)30)28-24(34)35-25(5,6)7/h10,12-13,16,18,20,31H,8-9,11,14H2,1-7H3,(H2,26,30)(H,27,32)(H,28,34). The van der Waals surface area contributed by atoms with Gasteiger partial charge in [-0.15, -0.1) is 0 Å². The molecule has 0 aliphatic heterocycles. The Morgan fingerprint density at radius 3 is 2.29 bits per heavy atom. The number of para-hydroxylation sites is 1. The minimum Gasteiger partial charge on any atom is -0.507 e. The lowest BCUT2D eigenvalue weighted by atomic mass is 9.98. The maximum absolute atomic E-state index is 13.6. The molecule has 1 aromatic rings. The number of likely N-dealkylation sites (N-methyl/N-ethyl adjacent to an activating group) is 1. The normalized spacial score (nSPS) is 13.8. The number of aryl methyl sites for hydroxylation is 1. The molecule has 0 aliphatic rings. The number of nitrogens with one attached hydrogen (secondary N) is 2. The van der Waals surface area contributed by atoms with Crippen molar-refractivity contribution < 1.29 is 29.0 Å². The van der Waals surface area contributed by atoms with Gasteiger partial charge < -0.3 is 31.1 Å². The van der Waals surface area contributed by atoms with Crippen LogP contribution in [0.5, 0.6) is 5.75 Å². The lowest BCUT2D eigenvalue weighted by molar-refractivity contribution is -0.143. The van der Waals surface area contributed by atoms with Gasteiger partial charge >= 0.3 is 6.09 Å². The first-order valence-corrected chi connectivity index (χ1v) is 11.9. The van der Waals surface area contributed by atoms with Crippen molar-refractivity contribution in [1.82, 2.24) is 15.5 Å². The third-order valence-corrected chi connectivity index (χ3v) is 5.25. The van der Waals surface area contributed by atoms with Crippen molar-refractivity contribution in [1.29, 1.82) is 0 Å². The number of hydrogen-bond acceptors (Lipinski definition) is 6. The Balaban J connectivity index is 3.45. The molecule has 0 bridgehead atoms. The summed E-state index contributed by atoms with van der Waals surface area (Å²) in [5, 5.41) is 16.1. The molecule has 196 valence electrons. The van der Waals surface area contributed by atoms with E-state index >= 15 is 0 Å². The predicted octanol–water partition coefficient (Wildman–Crippen LogP) is 2.66. The molecule has 0 saturated heterocycles. The first-order chi connectivity index (χ1) is 16.2. The van der Waals surface area contributed by atoms with Crippen LogP contribution in [0, 0.1) is 6.92 Å². The number of phenolic OH excluding ortho intramolecular Hbond substituents is 1. The van der Waals surface area contributed by atoms with Gasteiger partial charge in [0.1, 0.15) is 23.4 Å². The molecule has 10 nitrogen and oxygen atoms in total. The van der Waals surface area contributed by atoms with Gasteiger partial charge in [-0.1, -0.05) is 31.5 Å². The number of ether oxygens (including phenoxy) is 1. The van der Waals surface area contributed by atoms with Crippen LogP contribution in [0.15, 0.2) is 18.2 Å². The Bertz CT molecular complexity index is 912. The summed E-state index contributed by atoms with van der Waals surface area (Å²) in [6.45, 7) is 12.2. The predicted molar refractivity (Wildman–Crippen MR) is 132 cm³/mol. The highest BCUT2D eigenvalue weighted by atomic mass is 16.6. The molecule has 0 heterocycles. The van der Waals surface area contributed by atoms with Crippen LogP contribution >= 0.6 is 0 Å². The summed E-state index contributed by atoms with van der Waals surface area (Å²) in [6, 6.07) is 2.19. The van der Waals surface area contributed by atoms with Gasteiger partial charge in [-0.25, -0.2) is 4.79 Å². The van der Waals surface area contributed by atoms with E-state index in [1.165, 1.54) is 4.90 Å². The second-order valence-corrected chi connectivity index (χ2v) is 9.61. The van der Waals surface area contributed by atoms with Gasteiger partial charge in [0.25, 0.3) is 0 Å². The number of aromatic hydroxyl groups is 1. The monoisotopic (exact) mass is 492 g/mol. The van der Waals surface area contributed by atoms with E-state index in [1.54, 1.807) is 52.8 Å². The average molecular weight is 493 g/mol. The largest absolute Gasteiger partial charge is 0.507 e. The van der Waals surface area contributed by atoms with E-state index in [4.69, 9.17) is 10.5 Å². The van der Waals surface area contributed by atoms with Crippen molar-refractivity contribution >= 4 is 23.8 Å². The quantitative estimate of drug-likeness (QED) is 0.373. The number of carbonyl (C=O) groups excluding carboxylic acids is 4. The van der Waals surface area contributed by atoms with E-state index in [1.807, 2.05) is 13.8 Å². The van der Waals surface area contributed by atoms with E-state index in [0.717, 1.165) is 12.8 Å². The highest BCUT2D eigenvalue weighted by Gasteiger charge is 2.37. The van der Waals surface area contributed by atoms with Crippen molar-refractivity contribution in [2.24, 2.45) is 5.73 Å². The molecule has 0 saturated carbocycles. The van der Waals surface area contributed by atoms with Crippen molar-refractivity contribution in [3.63, 3.8) is 0 Å². The summed E-state index contributed by atoms with van der Waals surface area (Å²) < 4.78 is 5.23. The minimum absolute atomic E-state index is 0.0533. The fourth-order valence-corrected chi connectivity index (χ4v) is 3.70. The lowest BCUT2D eigenvalue weighted by Crippen LogP contribution is -2.54. The maximum atomic E-state index is 13.6. The molecule has 35 heavy (non-hydrogen) atoms. The molecular formula is C25H40N4O6. The van der Waals surface area contributed by atoms with Crippen LogP contribution in [-0.4, -0.2) is 58.1 Å². The highest BCUT2D eigenvalue weighted by Crippen LogP contribution is 2.32. The Hall–Kier alpha value is -3.30.